The lowest BCUT2D eigenvalue weighted by Crippen LogP contribution is -2.24. The van der Waals surface area contributed by atoms with E-state index in [1.165, 1.54) is 23.9 Å². The van der Waals surface area contributed by atoms with Crippen molar-refractivity contribution in [2.45, 2.75) is 19.8 Å². The molecule has 14 heteroatoms. The maximum absolute atomic E-state index is 14.2. The van der Waals surface area contributed by atoms with Gasteiger partial charge >= 0.3 is 6.36 Å². The summed E-state index contributed by atoms with van der Waals surface area (Å²) in [5.74, 6) is -2.37. The first-order chi connectivity index (χ1) is 18.5. The number of aliphatic hydroxyl groups is 1. The zero-order valence-corrected chi connectivity index (χ0v) is 20.5. The van der Waals surface area contributed by atoms with E-state index in [9.17, 15) is 27.2 Å². The number of hydrogen-bond acceptors (Lipinski definition) is 7. The Hall–Kier alpha value is -4.72. The fraction of sp³-hybridized carbons (Fsp3) is 0.200. The number of benzene rings is 2. The molecule has 0 saturated carbocycles. The Morgan fingerprint density at radius 2 is 1.90 bits per heavy atom. The van der Waals surface area contributed by atoms with E-state index in [4.69, 9.17) is 9.84 Å². The third kappa shape index (κ3) is 6.41. The highest BCUT2D eigenvalue weighted by atomic mass is 19.4. The van der Waals surface area contributed by atoms with Gasteiger partial charge in [-0.2, -0.15) is 5.10 Å². The maximum Gasteiger partial charge on any atom is 0.573 e. The summed E-state index contributed by atoms with van der Waals surface area (Å²) in [6, 6.07) is 8.90. The quantitative estimate of drug-likeness (QED) is 0.288. The summed E-state index contributed by atoms with van der Waals surface area (Å²) in [5.41, 5.74) is 1.96. The lowest BCUT2D eigenvalue weighted by atomic mass is 10.0. The zero-order chi connectivity index (χ0) is 28.3. The fourth-order valence-electron chi connectivity index (χ4n) is 3.73. The van der Waals surface area contributed by atoms with Gasteiger partial charge in [-0.15, -0.1) is 13.2 Å². The number of nitrogens with one attached hydrogen (secondary N) is 2. The molecule has 0 radical (unpaired) electrons. The van der Waals surface area contributed by atoms with Crippen molar-refractivity contribution in [2.24, 2.45) is 0 Å². The van der Waals surface area contributed by atoms with Gasteiger partial charge < -0.3 is 25.2 Å². The van der Waals surface area contributed by atoms with Gasteiger partial charge in [-0.05, 0) is 55.0 Å². The van der Waals surface area contributed by atoms with Crippen LogP contribution in [0.3, 0.4) is 0 Å². The number of aryl methyl sites for hydroxylation is 1. The minimum atomic E-state index is -4.95. The molecule has 0 saturated heterocycles. The first-order valence-corrected chi connectivity index (χ1v) is 11.3. The first-order valence-electron chi connectivity index (χ1n) is 11.3. The second kappa shape index (κ2) is 10.9. The molecule has 0 aliphatic carbocycles. The van der Waals surface area contributed by atoms with E-state index in [-0.39, 0.29) is 22.7 Å². The number of aromatic nitrogens is 3. The molecule has 0 aliphatic rings. The molecule has 4 aromatic rings. The number of halogens is 4. The zero-order valence-electron chi connectivity index (χ0n) is 20.5. The van der Waals surface area contributed by atoms with Gasteiger partial charge in [0, 0.05) is 17.7 Å². The number of rotatable bonds is 8. The van der Waals surface area contributed by atoms with E-state index >= 15 is 0 Å². The topological polar surface area (TPSA) is 127 Å². The van der Waals surface area contributed by atoms with Crippen LogP contribution in [0.15, 0.2) is 48.7 Å². The molecule has 39 heavy (non-hydrogen) atoms. The van der Waals surface area contributed by atoms with Gasteiger partial charge in [-0.25, -0.2) is 13.9 Å². The van der Waals surface area contributed by atoms with Crippen LogP contribution >= 0.6 is 0 Å². The molecule has 2 heterocycles. The van der Waals surface area contributed by atoms with Gasteiger partial charge in [0.2, 0.25) is 0 Å². The predicted octanol–water partition coefficient (Wildman–Crippen LogP) is 3.61. The number of anilines is 1. The van der Waals surface area contributed by atoms with Crippen molar-refractivity contribution in [3.8, 4) is 22.8 Å². The van der Waals surface area contributed by atoms with E-state index in [0.717, 1.165) is 18.2 Å². The summed E-state index contributed by atoms with van der Waals surface area (Å²) in [6.45, 7) is 0.642. The Balaban J connectivity index is 1.60. The number of methoxy groups -OCH3 is 1. The molecule has 2 aromatic heterocycles. The van der Waals surface area contributed by atoms with Crippen LogP contribution in [-0.4, -0.2) is 51.6 Å². The van der Waals surface area contributed by atoms with Gasteiger partial charge in [0.1, 0.15) is 23.9 Å². The summed E-state index contributed by atoms with van der Waals surface area (Å²) in [7, 11) is 1.36. The van der Waals surface area contributed by atoms with Crippen molar-refractivity contribution in [2.75, 3.05) is 19.0 Å². The standard InChI is InChI=1S/C25H21F4N5O5/c1-13-7-20(38-2)17(24(37)30-10-14-8-15(3-4-18(14)26)39-25(27,28)29)9-16(13)19-5-6-22-31-21(11-34(22)33-19)32-23(36)12-35/h3-9,11,35H,10,12H2,1-2H3,(H,30,37)(H,32,36). The largest absolute Gasteiger partial charge is 0.573 e. The van der Waals surface area contributed by atoms with Crippen molar-refractivity contribution < 1.29 is 41.7 Å². The number of carbonyl (C=O) groups excluding carboxylic acids is 2. The average molecular weight is 547 g/mol. The van der Waals surface area contributed by atoms with E-state index in [1.807, 2.05) is 0 Å². The van der Waals surface area contributed by atoms with Crippen molar-refractivity contribution in [3.63, 3.8) is 0 Å². The lowest BCUT2D eigenvalue weighted by molar-refractivity contribution is -0.274. The normalized spacial score (nSPS) is 11.4. The van der Waals surface area contributed by atoms with Crippen LogP contribution in [0.25, 0.3) is 16.9 Å². The maximum atomic E-state index is 14.2. The molecular weight excluding hydrogens is 526 g/mol. The van der Waals surface area contributed by atoms with E-state index in [2.05, 4.69) is 25.5 Å². The molecule has 2 aromatic carbocycles. The number of fused-ring (bicyclic) bond motifs is 1. The number of alkyl halides is 3. The highest BCUT2D eigenvalue weighted by Gasteiger charge is 2.31. The molecule has 0 spiro atoms. The van der Waals surface area contributed by atoms with Crippen LogP contribution in [0.1, 0.15) is 21.5 Å². The summed E-state index contributed by atoms with van der Waals surface area (Å²) >= 11 is 0. The third-order valence-electron chi connectivity index (χ3n) is 5.49. The Bertz CT molecular complexity index is 1550. The van der Waals surface area contributed by atoms with Gasteiger partial charge in [-0.3, -0.25) is 9.59 Å². The second-order valence-electron chi connectivity index (χ2n) is 8.20. The van der Waals surface area contributed by atoms with Crippen LogP contribution in [0.2, 0.25) is 0 Å². The number of hydrogen-bond donors (Lipinski definition) is 3. The van der Waals surface area contributed by atoms with Crippen LogP contribution in [-0.2, 0) is 11.3 Å². The highest BCUT2D eigenvalue weighted by Crippen LogP contribution is 2.30. The molecule has 0 atom stereocenters. The molecular formula is C25H21F4N5O5. The van der Waals surface area contributed by atoms with Crippen molar-refractivity contribution in [3.05, 3.63) is 71.2 Å². The van der Waals surface area contributed by atoms with Gasteiger partial charge in [0.05, 0.1) is 24.6 Å². The number of nitrogens with zero attached hydrogens (tertiary/aromatic N) is 3. The Kier molecular flexibility index (Phi) is 7.67. The number of carbonyl (C=O) groups is 2. The Morgan fingerprint density at radius 3 is 2.59 bits per heavy atom. The number of imidazole rings is 1. The molecule has 0 aliphatic heterocycles. The Labute approximate surface area is 218 Å². The van der Waals surface area contributed by atoms with Crippen LogP contribution < -0.4 is 20.1 Å². The van der Waals surface area contributed by atoms with Crippen LogP contribution in [0.5, 0.6) is 11.5 Å². The van der Waals surface area contributed by atoms with Crippen LogP contribution in [0, 0.1) is 12.7 Å². The summed E-state index contributed by atoms with van der Waals surface area (Å²) < 4.78 is 62.3. The van der Waals surface area contributed by atoms with E-state index in [0.29, 0.717) is 22.5 Å². The number of aliphatic hydroxyl groups excluding tert-OH is 1. The van der Waals surface area contributed by atoms with Crippen molar-refractivity contribution in [1.29, 1.82) is 0 Å². The molecule has 2 amide bonds. The van der Waals surface area contributed by atoms with E-state index < -0.39 is 42.9 Å². The monoisotopic (exact) mass is 547 g/mol. The summed E-state index contributed by atoms with van der Waals surface area (Å²) in [5, 5.41) is 18.3. The third-order valence-corrected chi connectivity index (χ3v) is 5.49. The SMILES string of the molecule is COc1cc(C)c(-c2ccc3nc(NC(=O)CO)cn3n2)cc1C(=O)NCc1cc(OC(F)(F)F)ccc1F. The number of ether oxygens (including phenoxy) is 2. The molecule has 3 N–H and O–H groups in total. The molecule has 0 bridgehead atoms. The molecule has 0 fully saturated rings. The number of amides is 2. The fourth-order valence-corrected chi connectivity index (χ4v) is 3.73. The first kappa shape index (κ1) is 27.3. The summed E-state index contributed by atoms with van der Waals surface area (Å²) in [6.07, 6.45) is -3.50. The lowest BCUT2D eigenvalue weighted by Gasteiger charge is -2.15. The van der Waals surface area contributed by atoms with Crippen LogP contribution in [0.4, 0.5) is 23.4 Å². The highest BCUT2D eigenvalue weighted by molar-refractivity contribution is 5.98. The second-order valence-corrected chi connectivity index (χ2v) is 8.20. The smallest absolute Gasteiger partial charge is 0.496 e. The Morgan fingerprint density at radius 1 is 1.13 bits per heavy atom. The van der Waals surface area contributed by atoms with Crippen molar-refractivity contribution >= 4 is 23.3 Å². The van der Waals surface area contributed by atoms with Gasteiger partial charge in [0.25, 0.3) is 11.8 Å². The predicted molar refractivity (Wildman–Crippen MR) is 130 cm³/mol. The summed E-state index contributed by atoms with van der Waals surface area (Å²) in [4.78, 5) is 28.7. The van der Waals surface area contributed by atoms with Crippen molar-refractivity contribution in [1.82, 2.24) is 19.9 Å². The van der Waals surface area contributed by atoms with E-state index in [1.54, 1.807) is 25.1 Å². The molecule has 4 rings (SSSR count). The minimum absolute atomic E-state index is 0.0737. The van der Waals surface area contributed by atoms with Gasteiger partial charge in [-0.1, -0.05) is 0 Å². The average Bonchev–Trinajstić information content (AvgIpc) is 3.28. The molecule has 0 unspecified atom stereocenters. The molecule has 204 valence electrons. The molecule has 10 nitrogen and oxygen atoms in total. The van der Waals surface area contributed by atoms with Gasteiger partial charge in [0.15, 0.2) is 11.5 Å². The minimum Gasteiger partial charge on any atom is -0.496 e.